The molecule has 4 aromatic carbocycles. The molecule has 2 N–H and O–H groups in total. The number of hydrogen-bond donors (Lipinski definition) is 2. The van der Waals surface area contributed by atoms with E-state index in [9.17, 15) is 4.39 Å². The summed E-state index contributed by atoms with van der Waals surface area (Å²) in [5, 5.41) is 10.0. The molecule has 2 aliphatic heterocycles. The van der Waals surface area contributed by atoms with Crippen molar-refractivity contribution in [2.75, 3.05) is 39.3 Å². The number of benzene rings is 4. The largest absolute Gasteiger partial charge is 0.492 e. The lowest BCUT2D eigenvalue weighted by atomic mass is 10.00. The smallest absolute Gasteiger partial charge is 0.127 e. The summed E-state index contributed by atoms with van der Waals surface area (Å²) in [4.78, 5) is 8.52. The third kappa shape index (κ3) is 5.86. The Morgan fingerprint density at radius 1 is 0.711 bits per heavy atom. The second kappa shape index (κ2) is 12.1. The number of likely N-dealkylation sites (tertiary alicyclic amines) is 2. The standard InChI is InChI=1S/C38H38FN5O/c39-30-20-29(21-31(23-30)45-18-17-43-13-1-2-14-43)32-9-6-10-35-33(32)24-37(40-35)38-34-22-28(11-12-36(34)41-42-38)27-8-5-7-26(19-27)25-44-15-3-4-16-44/h5-12,19-24,40H,1-4,13-18,25H2,(H,41,42). The number of H-pyrrole nitrogens is 2. The van der Waals surface area contributed by atoms with Crippen LogP contribution in [0.25, 0.3) is 55.4 Å². The Hall–Kier alpha value is -4.46. The fourth-order valence-corrected chi connectivity index (χ4v) is 7.08. The Bertz CT molecular complexity index is 1960. The van der Waals surface area contributed by atoms with Gasteiger partial charge in [-0.05, 0) is 122 Å². The van der Waals surface area contributed by atoms with Crippen LogP contribution in [0.15, 0.2) is 84.9 Å². The molecule has 0 radical (unpaired) electrons. The predicted octanol–water partition coefficient (Wildman–Crippen LogP) is 8.25. The fraction of sp³-hybridized carbons (Fsp3) is 0.289. The highest BCUT2D eigenvalue weighted by atomic mass is 19.1. The zero-order chi connectivity index (χ0) is 30.2. The molecule has 0 amide bonds. The summed E-state index contributed by atoms with van der Waals surface area (Å²) >= 11 is 0. The summed E-state index contributed by atoms with van der Waals surface area (Å²) in [5.74, 6) is 0.263. The zero-order valence-electron chi connectivity index (χ0n) is 25.5. The van der Waals surface area contributed by atoms with Gasteiger partial charge in [0, 0.05) is 35.4 Å². The first-order valence-corrected chi connectivity index (χ1v) is 16.2. The van der Waals surface area contributed by atoms with Crippen molar-refractivity contribution in [2.45, 2.75) is 32.2 Å². The third-order valence-corrected chi connectivity index (χ3v) is 9.40. The van der Waals surface area contributed by atoms with Crippen LogP contribution in [0, 0.1) is 5.82 Å². The first-order chi connectivity index (χ1) is 22.2. The van der Waals surface area contributed by atoms with Crippen molar-refractivity contribution < 1.29 is 9.13 Å². The lowest BCUT2D eigenvalue weighted by Gasteiger charge is -2.15. The van der Waals surface area contributed by atoms with E-state index in [4.69, 9.17) is 9.84 Å². The van der Waals surface area contributed by atoms with E-state index in [0.717, 1.165) is 70.5 Å². The van der Waals surface area contributed by atoms with Crippen molar-refractivity contribution in [3.8, 4) is 39.4 Å². The number of aromatic nitrogens is 3. The van der Waals surface area contributed by atoms with Crippen LogP contribution in [0.1, 0.15) is 31.2 Å². The number of nitrogens with zero attached hydrogens (tertiary/aromatic N) is 3. The molecule has 0 aliphatic carbocycles. The van der Waals surface area contributed by atoms with Gasteiger partial charge in [0.05, 0.1) is 11.2 Å². The van der Waals surface area contributed by atoms with E-state index in [1.54, 1.807) is 6.07 Å². The highest BCUT2D eigenvalue weighted by molar-refractivity contribution is 6.02. The number of hydrogen-bond acceptors (Lipinski definition) is 4. The average molecular weight is 600 g/mol. The molecule has 2 aromatic heterocycles. The summed E-state index contributed by atoms with van der Waals surface area (Å²) in [6, 6.07) is 28.6. The molecule has 7 heteroatoms. The van der Waals surface area contributed by atoms with Crippen molar-refractivity contribution in [1.82, 2.24) is 25.0 Å². The van der Waals surface area contributed by atoms with Crippen LogP contribution in [0.5, 0.6) is 5.75 Å². The first kappa shape index (κ1) is 28.0. The number of rotatable bonds is 9. The van der Waals surface area contributed by atoms with Crippen molar-refractivity contribution in [3.63, 3.8) is 0 Å². The molecule has 0 saturated carbocycles. The van der Waals surface area contributed by atoms with Gasteiger partial charge in [0.25, 0.3) is 0 Å². The van der Waals surface area contributed by atoms with Gasteiger partial charge in [-0.1, -0.05) is 36.4 Å². The van der Waals surface area contributed by atoms with E-state index in [0.29, 0.717) is 12.4 Å². The van der Waals surface area contributed by atoms with Gasteiger partial charge in [-0.2, -0.15) is 5.10 Å². The van der Waals surface area contributed by atoms with Crippen LogP contribution < -0.4 is 4.74 Å². The Morgan fingerprint density at radius 2 is 1.51 bits per heavy atom. The van der Waals surface area contributed by atoms with Gasteiger partial charge in [0.15, 0.2) is 0 Å². The second-order valence-electron chi connectivity index (χ2n) is 12.5. The predicted molar refractivity (Wildman–Crippen MR) is 180 cm³/mol. The van der Waals surface area contributed by atoms with Gasteiger partial charge in [0.1, 0.15) is 23.9 Å². The van der Waals surface area contributed by atoms with Crippen LogP contribution in [-0.2, 0) is 6.54 Å². The molecule has 0 atom stereocenters. The summed E-state index contributed by atoms with van der Waals surface area (Å²) < 4.78 is 20.9. The van der Waals surface area contributed by atoms with Crippen molar-refractivity contribution >= 4 is 21.8 Å². The van der Waals surface area contributed by atoms with E-state index >= 15 is 0 Å². The normalized spacial score (nSPS) is 15.9. The monoisotopic (exact) mass is 599 g/mol. The van der Waals surface area contributed by atoms with Crippen LogP contribution in [0.3, 0.4) is 0 Å². The molecule has 2 fully saturated rings. The summed E-state index contributed by atoms with van der Waals surface area (Å²) in [6.07, 6.45) is 5.08. The van der Waals surface area contributed by atoms with Crippen molar-refractivity contribution in [3.05, 3.63) is 96.3 Å². The van der Waals surface area contributed by atoms with Gasteiger partial charge < -0.3 is 9.72 Å². The van der Waals surface area contributed by atoms with Gasteiger partial charge in [0.2, 0.25) is 0 Å². The molecule has 2 aliphatic rings. The summed E-state index contributed by atoms with van der Waals surface area (Å²) in [5.41, 5.74) is 9.23. The number of ether oxygens (including phenoxy) is 1. The second-order valence-corrected chi connectivity index (χ2v) is 12.5. The number of nitrogens with one attached hydrogen (secondary N) is 2. The maximum atomic E-state index is 14.8. The fourth-order valence-electron chi connectivity index (χ4n) is 7.08. The van der Waals surface area contributed by atoms with Crippen LogP contribution >= 0.6 is 0 Å². The molecule has 0 unspecified atom stereocenters. The molecule has 228 valence electrons. The minimum absolute atomic E-state index is 0.299. The highest BCUT2D eigenvalue weighted by Crippen LogP contribution is 2.36. The number of fused-ring (bicyclic) bond motifs is 2. The van der Waals surface area contributed by atoms with E-state index in [-0.39, 0.29) is 5.82 Å². The molecule has 2 saturated heterocycles. The molecule has 6 nitrogen and oxygen atoms in total. The molecule has 8 rings (SSSR count). The highest BCUT2D eigenvalue weighted by Gasteiger charge is 2.17. The minimum atomic E-state index is -0.299. The summed E-state index contributed by atoms with van der Waals surface area (Å²) in [7, 11) is 0. The minimum Gasteiger partial charge on any atom is -0.492 e. The van der Waals surface area contributed by atoms with E-state index < -0.39 is 0 Å². The molecule has 4 heterocycles. The SMILES string of the molecule is Fc1cc(OCCN2CCCC2)cc(-c2cccc3[nH]c(-c4n[nH]c5ccc(-c6cccc(CN7CCCC7)c6)cc45)cc23)c1. The van der Waals surface area contributed by atoms with Gasteiger partial charge >= 0.3 is 0 Å². The van der Waals surface area contributed by atoms with E-state index in [1.807, 2.05) is 18.2 Å². The molecular weight excluding hydrogens is 561 g/mol. The van der Waals surface area contributed by atoms with Crippen LogP contribution in [0.4, 0.5) is 4.39 Å². The number of halogens is 1. The molecule has 0 spiro atoms. The molecule has 45 heavy (non-hydrogen) atoms. The zero-order valence-corrected chi connectivity index (χ0v) is 25.5. The lowest BCUT2D eigenvalue weighted by molar-refractivity contribution is 0.237. The lowest BCUT2D eigenvalue weighted by Crippen LogP contribution is -2.25. The van der Waals surface area contributed by atoms with Crippen molar-refractivity contribution in [1.29, 1.82) is 0 Å². The quantitative estimate of drug-likeness (QED) is 0.176. The van der Waals surface area contributed by atoms with Gasteiger partial charge in [-0.25, -0.2) is 4.39 Å². The third-order valence-electron chi connectivity index (χ3n) is 9.40. The van der Waals surface area contributed by atoms with E-state index in [2.05, 4.69) is 74.5 Å². The van der Waals surface area contributed by atoms with Gasteiger partial charge in [-0.3, -0.25) is 14.9 Å². The maximum Gasteiger partial charge on any atom is 0.127 e. The average Bonchev–Trinajstić information content (AvgIpc) is 3.88. The van der Waals surface area contributed by atoms with Crippen LogP contribution in [-0.4, -0.2) is 64.3 Å². The first-order valence-electron chi connectivity index (χ1n) is 16.2. The maximum absolute atomic E-state index is 14.8. The Balaban J connectivity index is 1.09. The Morgan fingerprint density at radius 3 is 2.38 bits per heavy atom. The van der Waals surface area contributed by atoms with Crippen LogP contribution in [0.2, 0.25) is 0 Å². The molecule has 6 aromatic rings. The number of aromatic amines is 2. The Labute approximate surface area is 262 Å². The topological polar surface area (TPSA) is 60.2 Å². The Kier molecular flexibility index (Phi) is 7.57. The van der Waals surface area contributed by atoms with Crippen molar-refractivity contribution in [2.24, 2.45) is 0 Å². The molecule has 0 bridgehead atoms. The summed E-state index contributed by atoms with van der Waals surface area (Å²) in [6.45, 7) is 7.04. The van der Waals surface area contributed by atoms with E-state index in [1.165, 1.54) is 61.5 Å². The van der Waals surface area contributed by atoms with Gasteiger partial charge in [-0.15, -0.1) is 0 Å². The molecular formula is C38H38FN5O.